The lowest BCUT2D eigenvalue weighted by atomic mass is 9.98. The Labute approximate surface area is 115 Å². The second kappa shape index (κ2) is 6.36. The molecule has 19 heavy (non-hydrogen) atoms. The summed E-state index contributed by atoms with van der Waals surface area (Å²) in [4.78, 5) is 4.58. The van der Waals surface area contributed by atoms with E-state index in [1.807, 2.05) is 13.0 Å². The number of rotatable bonds is 5. The lowest BCUT2D eigenvalue weighted by molar-refractivity contribution is 0.545. The minimum absolute atomic E-state index is 0.205. The standard InChI is InChI=1S/C17H20N2/c1-4-8-16(18-11-5-2)15-12-13(3)19-17-10-7-6-9-14(15)17/h1,6-7,9-10,12,16,18H,5,8,11H2,2-3H3. The third-order valence-electron chi connectivity index (χ3n) is 3.21. The molecule has 2 heteroatoms. The quantitative estimate of drug-likeness (QED) is 0.822. The smallest absolute Gasteiger partial charge is 0.0708 e. The van der Waals surface area contributed by atoms with E-state index in [2.05, 4.69) is 47.4 Å². The minimum Gasteiger partial charge on any atom is -0.309 e. The number of aryl methyl sites for hydroxylation is 1. The number of benzene rings is 1. The topological polar surface area (TPSA) is 24.9 Å². The Kier molecular flexibility index (Phi) is 4.54. The molecule has 0 saturated heterocycles. The van der Waals surface area contributed by atoms with Gasteiger partial charge in [-0.3, -0.25) is 4.98 Å². The van der Waals surface area contributed by atoms with E-state index in [1.54, 1.807) is 0 Å². The Bertz CT molecular complexity index is 596. The van der Waals surface area contributed by atoms with E-state index in [4.69, 9.17) is 6.42 Å². The minimum atomic E-state index is 0.205. The van der Waals surface area contributed by atoms with Gasteiger partial charge < -0.3 is 5.32 Å². The summed E-state index contributed by atoms with van der Waals surface area (Å²) in [6.07, 6.45) is 7.32. The predicted octanol–water partition coefficient (Wildman–Crippen LogP) is 3.61. The maximum absolute atomic E-state index is 5.51. The molecule has 0 spiro atoms. The average molecular weight is 252 g/mol. The Morgan fingerprint density at radius 3 is 2.89 bits per heavy atom. The summed E-state index contributed by atoms with van der Waals surface area (Å²) in [5.41, 5.74) is 3.33. The van der Waals surface area contributed by atoms with Crippen molar-refractivity contribution in [1.29, 1.82) is 0 Å². The lowest BCUT2D eigenvalue weighted by Crippen LogP contribution is -2.22. The van der Waals surface area contributed by atoms with Crippen LogP contribution in [0.25, 0.3) is 10.9 Å². The first-order chi connectivity index (χ1) is 9.26. The van der Waals surface area contributed by atoms with Crippen LogP contribution in [0.1, 0.15) is 37.1 Å². The van der Waals surface area contributed by atoms with Crippen molar-refractivity contribution in [2.24, 2.45) is 0 Å². The van der Waals surface area contributed by atoms with Crippen molar-refractivity contribution in [3.8, 4) is 12.3 Å². The van der Waals surface area contributed by atoms with Crippen LogP contribution in [0, 0.1) is 19.3 Å². The molecule has 2 rings (SSSR count). The van der Waals surface area contributed by atoms with E-state index in [9.17, 15) is 0 Å². The molecule has 0 bridgehead atoms. The Morgan fingerprint density at radius 1 is 1.37 bits per heavy atom. The number of pyridine rings is 1. The van der Waals surface area contributed by atoms with Crippen molar-refractivity contribution in [1.82, 2.24) is 10.3 Å². The first-order valence-corrected chi connectivity index (χ1v) is 6.79. The highest BCUT2D eigenvalue weighted by molar-refractivity contribution is 5.82. The van der Waals surface area contributed by atoms with Gasteiger partial charge >= 0.3 is 0 Å². The van der Waals surface area contributed by atoms with E-state index in [-0.39, 0.29) is 6.04 Å². The van der Waals surface area contributed by atoms with Gasteiger partial charge in [0.1, 0.15) is 0 Å². The van der Waals surface area contributed by atoms with E-state index in [1.165, 1.54) is 10.9 Å². The van der Waals surface area contributed by atoms with Crippen LogP contribution in [-0.2, 0) is 0 Å². The van der Waals surface area contributed by atoms with Crippen molar-refractivity contribution in [3.05, 3.63) is 41.6 Å². The van der Waals surface area contributed by atoms with E-state index in [0.717, 1.165) is 24.2 Å². The van der Waals surface area contributed by atoms with Crippen molar-refractivity contribution >= 4 is 10.9 Å². The number of nitrogens with zero attached hydrogens (tertiary/aromatic N) is 1. The number of aromatic nitrogens is 1. The molecule has 0 aliphatic rings. The fraction of sp³-hybridized carbons (Fsp3) is 0.353. The van der Waals surface area contributed by atoms with Gasteiger partial charge in [0.15, 0.2) is 0 Å². The molecule has 2 aromatic rings. The molecule has 1 aromatic heterocycles. The number of terminal acetylenes is 1. The molecule has 1 unspecified atom stereocenters. The van der Waals surface area contributed by atoms with Crippen molar-refractivity contribution in [3.63, 3.8) is 0 Å². The summed E-state index contributed by atoms with van der Waals surface area (Å²) in [7, 11) is 0. The number of hydrogen-bond acceptors (Lipinski definition) is 2. The summed E-state index contributed by atoms with van der Waals surface area (Å²) in [6, 6.07) is 10.6. The van der Waals surface area contributed by atoms with Gasteiger partial charge in [0.2, 0.25) is 0 Å². The highest BCUT2D eigenvalue weighted by atomic mass is 14.9. The van der Waals surface area contributed by atoms with Crippen LogP contribution in [-0.4, -0.2) is 11.5 Å². The highest BCUT2D eigenvalue weighted by Crippen LogP contribution is 2.26. The molecular weight excluding hydrogens is 232 g/mol. The molecular formula is C17H20N2. The molecule has 0 aliphatic heterocycles. The Morgan fingerprint density at radius 2 is 2.16 bits per heavy atom. The van der Waals surface area contributed by atoms with E-state index < -0.39 is 0 Å². The summed E-state index contributed by atoms with van der Waals surface area (Å²) < 4.78 is 0. The molecule has 0 radical (unpaired) electrons. The fourth-order valence-electron chi connectivity index (χ4n) is 2.36. The predicted molar refractivity (Wildman–Crippen MR) is 81.0 cm³/mol. The van der Waals surface area contributed by atoms with Crippen molar-refractivity contribution in [2.45, 2.75) is 32.7 Å². The molecule has 2 nitrogen and oxygen atoms in total. The van der Waals surface area contributed by atoms with E-state index in [0.29, 0.717) is 6.42 Å². The SMILES string of the molecule is C#CCC(NCCC)c1cc(C)nc2ccccc12. The third kappa shape index (κ3) is 3.13. The first-order valence-electron chi connectivity index (χ1n) is 6.79. The molecule has 1 aromatic carbocycles. The average Bonchev–Trinajstić information content (AvgIpc) is 2.42. The van der Waals surface area contributed by atoms with Gasteiger partial charge in [-0.05, 0) is 37.6 Å². The zero-order valence-electron chi connectivity index (χ0n) is 11.6. The normalized spacial score (nSPS) is 12.3. The number of para-hydroxylation sites is 1. The van der Waals surface area contributed by atoms with Crippen LogP contribution in [0.3, 0.4) is 0 Å². The summed E-state index contributed by atoms with van der Waals surface area (Å²) >= 11 is 0. The second-order valence-corrected chi connectivity index (χ2v) is 4.78. The molecule has 98 valence electrons. The summed E-state index contributed by atoms with van der Waals surface area (Å²) in [6.45, 7) is 5.17. The molecule has 0 amide bonds. The molecule has 1 heterocycles. The van der Waals surface area contributed by atoms with Gasteiger partial charge in [0.25, 0.3) is 0 Å². The van der Waals surface area contributed by atoms with Gasteiger partial charge in [-0.1, -0.05) is 25.1 Å². The molecule has 0 saturated carbocycles. The second-order valence-electron chi connectivity index (χ2n) is 4.78. The summed E-state index contributed by atoms with van der Waals surface area (Å²) in [5.74, 6) is 2.78. The molecule has 1 N–H and O–H groups in total. The first kappa shape index (κ1) is 13.6. The van der Waals surface area contributed by atoms with Gasteiger partial charge in [-0.25, -0.2) is 0 Å². The zero-order chi connectivity index (χ0) is 13.7. The maximum atomic E-state index is 5.51. The van der Waals surface area contributed by atoms with Gasteiger partial charge in [0, 0.05) is 23.5 Å². The third-order valence-corrected chi connectivity index (χ3v) is 3.21. The van der Waals surface area contributed by atoms with Crippen LogP contribution >= 0.6 is 0 Å². The van der Waals surface area contributed by atoms with Gasteiger partial charge in [-0.2, -0.15) is 0 Å². The monoisotopic (exact) mass is 252 g/mol. The maximum Gasteiger partial charge on any atom is 0.0708 e. The molecule has 0 fully saturated rings. The largest absolute Gasteiger partial charge is 0.309 e. The molecule has 0 aliphatic carbocycles. The van der Waals surface area contributed by atoms with Crippen molar-refractivity contribution < 1.29 is 0 Å². The number of nitrogens with one attached hydrogen (secondary N) is 1. The fourth-order valence-corrected chi connectivity index (χ4v) is 2.36. The zero-order valence-corrected chi connectivity index (χ0v) is 11.6. The number of hydrogen-bond donors (Lipinski definition) is 1. The molecule has 1 atom stereocenters. The van der Waals surface area contributed by atoms with Crippen LogP contribution in [0.4, 0.5) is 0 Å². The Hall–Kier alpha value is -1.85. The van der Waals surface area contributed by atoms with Crippen LogP contribution in [0.15, 0.2) is 30.3 Å². The van der Waals surface area contributed by atoms with E-state index >= 15 is 0 Å². The van der Waals surface area contributed by atoms with Crippen LogP contribution in [0.2, 0.25) is 0 Å². The van der Waals surface area contributed by atoms with Crippen LogP contribution < -0.4 is 5.32 Å². The van der Waals surface area contributed by atoms with Gasteiger partial charge in [0.05, 0.1) is 5.52 Å². The highest BCUT2D eigenvalue weighted by Gasteiger charge is 2.13. The Balaban J connectivity index is 2.48. The van der Waals surface area contributed by atoms with Gasteiger partial charge in [-0.15, -0.1) is 12.3 Å². The lowest BCUT2D eigenvalue weighted by Gasteiger charge is -2.19. The number of fused-ring (bicyclic) bond motifs is 1. The van der Waals surface area contributed by atoms with Crippen molar-refractivity contribution in [2.75, 3.05) is 6.54 Å². The summed E-state index contributed by atoms with van der Waals surface area (Å²) in [5, 5.41) is 4.73. The van der Waals surface area contributed by atoms with Crippen LogP contribution in [0.5, 0.6) is 0 Å².